The number of benzene rings is 2. The van der Waals surface area contributed by atoms with Gasteiger partial charge in [0.05, 0.1) is 0 Å². The van der Waals surface area contributed by atoms with E-state index in [0.717, 1.165) is 27.9 Å². The van der Waals surface area contributed by atoms with E-state index in [9.17, 15) is 14.7 Å². The van der Waals surface area contributed by atoms with Gasteiger partial charge in [-0.3, -0.25) is 0 Å². The summed E-state index contributed by atoms with van der Waals surface area (Å²) < 4.78 is 7.28. The molecule has 0 aliphatic heterocycles. The first-order valence-electron chi connectivity index (χ1n) is 9.49. The third-order valence-electron chi connectivity index (χ3n) is 5.40. The third kappa shape index (κ3) is 3.74. The van der Waals surface area contributed by atoms with Crippen molar-refractivity contribution in [3.63, 3.8) is 0 Å². The molecular weight excluding hydrogens is 368 g/mol. The zero-order chi connectivity index (χ0) is 20.4. The molecule has 6 nitrogen and oxygen atoms in total. The SMILES string of the molecule is Cn1cccc1C[C@H](NC(=O)OCC1c2ccccc2-c2ccccc21)C(=O)O. The maximum absolute atomic E-state index is 12.3. The molecule has 0 unspecified atom stereocenters. The van der Waals surface area contributed by atoms with E-state index in [1.807, 2.05) is 66.3 Å². The van der Waals surface area contributed by atoms with E-state index in [1.165, 1.54) is 0 Å². The van der Waals surface area contributed by atoms with Crippen LogP contribution in [-0.2, 0) is 23.0 Å². The van der Waals surface area contributed by atoms with E-state index in [0.29, 0.717) is 0 Å². The van der Waals surface area contributed by atoms with Gasteiger partial charge in [0.25, 0.3) is 0 Å². The number of aryl methyl sites for hydroxylation is 1. The van der Waals surface area contributed by atoms with Crippen LogP contribution in [0.5, 0.6) is 0 Å². The summed E-state index contributed by atoms with van der Waals surface area (Å²) in [5, 5.41) is 12.0. The number of nitrogens with one attached hydrogen (secondary N) is 1. The van der Waals surface area contributed by atoms with Crippen molar-refractivity contribution < 1.29 is 19.4 Å². The number of carbonyl (C=O) groups is 2. The fourth-order valence-corrected chi connectivity index (χ4v) is 3.90. The van der Waals surface area contributed by atoms with Crippen molar-refractivity contribution in [1.82, 2.24) is 9.88 Å². The first-order valence-corrected chi connectivity index (χ1v) is 9.49. The molecule has 1 heterocycles. The number of alkyl carbamates (subject to hydrolysis) is 1. The van der Waals surface area contributed by atoms with E-state index in [1.54, 1.807) is 0 Å². The zero-order valence-corrected chi connectivity index (χ0v) is 16.0. The molecule has 0 bridgehead atoms. The molecule has 2 aromatic carbocycles. The highest BCUT2D eigenvalue weighted by Gasteiger charge is 2.29. The molecular formula is C23H22N2O4. The van der Waals surface area contributed by atoms with Crippen LogP contribution in [0.25, 0.3) is 11.1 Å². The van der Waals surface area contributed by atoms with E-state index >= 15 is 0 Å². The molecule has 1 atom stereocenters. The van der Waals surface area contributed by atoms with Gasteiger partial charge >= 0.3 is 12.1 Å². The summed E-state index contributed by atoms with van der Waals surface area (Å²) in [5.41, 5.74) is 5.32. The number of hydrogen-bond donors (Lipinski definition) is 2. The van der Waals surface area contributed by atoms with Crippen LogP contribution in [0.1, 0.15) is 22.7 Å². The lowest BCUT2D eigenvalue weighted by molar-refractivity contribution is -0.139. The molecule has 148 valence electrons. The van der Waals surface area contributed by atoms with Crippen LogP contribution in [0, 0.1) is 0 Å². The van der Waals surface area contributed by atoms with Crippen LogP contribution in [0.2, 0.25) is 0 Å². The number of nitrogens with zero attached hydrogens (tertiary/aromatic N) is 1. The number of carboxylic acids is 1. The summed E-state index contributed by atoms with van der Waals surface area (Å²) in [6.45, 7) is 0.149. The molecule has 2 N–H and O–H groups in total. The van der Waals surface area contributed by atoms with Crippen molar-refractivity contribution in [2.24, 2.45) is 7.05 Å². The number of aromatic nitrogens is 1. The van der Waals surface area contributed by atoms with Gasteiger partial charge in [-0.2, -0.15) is 0 Å². The number of rotatable bonds is 6. The molecule has 1 aliphatic carbocycles. The summed E-state index contributed by atoms with van der Waals surface area (Å²) in [4.78, 5) is 23.9. The molecule has 4 rings (SSSR count). The number of hydrogen-bond acceptors (Lipinski definition) is 3. The van der Waals surface area contributed by atoms with Crippen LogP contribution in [-0.4, -0.2) is 34.4 Å². The van der Waals surface area contributed by atoms with Crippen molar-refractivity contribution in [2.75, 3.05) is 6.61 Å². The molecule has 1 amide bonds. The van der Waals surface area contributed by atoms with Crippen molar-refractivity contribution in [1.29, 1.82) is 0 Å². The largest absolute Gasteiger partial charge is 0.480 e. The highest BCUT2D eigenvalue weighted by atomic mass is 16.5. The standard InChI is InChI=1S/C23H22N2O4/c1-25-12-6-7-15(25)13-21(22(26)27)24-23(28)29-14-20-18-10-4-2-8-16(18)17-9-3-5-11-19(17)20/h2-12,20-21H,13-14H2,1H3,(H,24,28)(H,26,27)/t21-/m0/s1. The fraction of sp³-hybridized carbons (Fsp3) is 0.217. The van der Waals surface area contributed by atoms with Gasteiger partial charge in [0.2, 0.25) is 0 Å². The Labute approximate surface area is 168 Å². The van der Waals surface area contributed by atoms with Crippen molar-refractivity contribution >= 4 is 12.1 Å². The first kappa shape index (κ1) is 18.8. The van der Waals surface area contributed by atoms with Gasteiger partial charge < -0.3 is 19.7 Å². The van der Waals surface area contributed by atoms with Gasteiger partial charge in [0.1, 0.15) is 12.6 Å². The van der Waals surface area contributed by atoms with E-state index in [2.05, 4.69) is 17.4 Å². The summed E-state index contributed by atoms with van der Waals surface area (Å²) in [6.07, 6.45) is 1.29. The molecule has 0 saturated heterocycles. The minimum atomic E-state index is -1.10. The van der Waals surface area contributed by atoms with Crippen molar-refractivity contribution in [2.45, 2.75) is 18.4 Å². The van der Waals surface area contributed by atoms with Gasteiger partial charge in [-0.05, 0) is 34.4 Å². The monoisotopic (exact) mass is 390 g/mol. The van der Waals surface area contributed by atoms with E-state index in [-0.39, 0.29) is 18.9 Å². The number of fused-ring (bicyclic) bond motifs is 3. The molecule has 6 heteroatoms. The predicted octanol–water partition coefficient (Wildman–Crippen LogP) is 3.56. The lowest BCUT2D eigenvalue weighted by Crippen LogP contribution is -2.43. The van der Waals surface area contributed by atoms with Crippen LogP contribution < -0.4 is 5.32 Å². The molecule has 1 aromatic heterocycles. The Balaban J connectivity index is 1.44. The van der Waals surface area contributed by atoms with Gasteiger partial charge in [0, 0.05) is 31.3 Å². The number of ether oxygens (including phenoxy) is 1. The predicted molar refractivity (Wildman–Crippen MR) is 109 cm³/mol. The van der Waals surface area contributed by atoms with Crippen molar-refractivity contribution in [3.05, 3.63) is 83.7 Å². The molecule has 0 radical (unpaired) electrons. The van der Waals surface area contributed by atoms with Gasteiger partial charge in [-0.15, -0.1) is 0 Å². The Morgan fingerprint density at radius 2 is 1.66 bits per heavy atom. The average molecular weight is 390 g/mol. The van der Waals surface area contributed by atoms with Crippen molar-refractivity contribution in [3.8, 4) is 11.1 Å². The Hall–Kier alpha value is -3.54. The summed E-state index contributed by atoms with van der Waals surface area (Å²) in [7, 11) is 1.83. The van der Waals surface area contributed by atoms with Gasteiger partial charge in [0.15, 0.2) is 0 Å². The van der Waals surface area contributed by atoms with E-state index in [4.69, 9.17) is 4.74 Å². The molecule has 1 aliphatic rings. The third-order valence-corrected chi connectivity index (χ3v) is 5.40. The molecule has 29 heavy (non-hydrogen) atoms. The Morgan fingerprint density at radius 1 is 1.03 bits per heavy atom. The second-order valence-corrected chi connectivity index (χ2v) is 7.18. The number of carbonyl (C=O) groups excluding carboxylic acids is 1. The molecule has 0 fully saturated rings. The summed E-state index contributed by atoms with van der Waals surface area (Å²) in [6, 6.07) is 18.7. The average Bonchev–Trinajstić information content (AvgIpc) is 3.27. The number of amides is 1. The minimum absolute atomic E-state index is 0.0655. The van der Waals surface area contributed by atoms with Gasteiger partial charge in [-0.1, -0.05) is 48.5 Å². The quantitative estimate of drug-likeness (QED) is 0.674. The summed E-state index contributed by atoms with van der Waals surface area (Å²) >= 11 is 0. The maximum Gasteiger partial charge on any atom is 0.407 e. The second-order valence-electron chi connectivity index (χ2n) is 7.18. The number of carboxylic acid groups (broad SMARTS) is 1. The zero-order valence-electron chi connectivity index (χ0n) is 16.0. The van der Waals surface area contributed by atoms with Crippen LogP contribution >= 0.6 is 0 Å². The van der Waals surface area contributed by atoms with Crippen LogP contribution in [0.4, 0.5) is 4.79 Å². The van der Waals surface area contributed by atoms with Crippen LogP contribution in [0.15, 0.2) is 66.9 Å². The fourth-order valence-electron chi connectivity index (χ4n) is 3.90. The molecule has 3 aromatic rings. The Kier molecular flexibility index (Phi) is 5.08. The van der Waals surface area contributed by atoms with Gasteiger partial charge in [-0.25, -0.2) is 9.59 Å². The lowest BCUT2D eigenvalue weighted by Gasteiger charge is -2.17. The molecule has 0 spiro atoms. The summed E-state index contributed by atoms with van der Waals surface area (Å²) in [5.74, 6) is -1.16. The smallest absolute Gasteiger partial charge is 0.407 e. The minimum Gasteiger partial charge on any atom is -0.480 e. The Bertz CT molecular complexity index is 1010. The Morgan fingerprint density at radius 3 is 2.21 bits per heavy atom. The maximum atomic E-state index is 12.3. The second kappa shape index (κ2) is 7.83. The highest BCUT2D eigenvalue weighted by molar-refractivity contribution is 5.81. The first-order chi connectivity index (χ1) is 14.0. The highest BCUT2D eigenvalue weighted by Crippen LogP contribution is 2.44. The van der Waals surface area contributed by atoms with E-state index < -0.39 is 18.1 Å². The lowest BCUT2D eigenvalue weighted by atomic mass is 9.98. The topological polar surface area (TPSA) is 80.6 Å². The molecule has 0 saturated carbocycles. The normalized spacial score (nSPS) is 13.4. The van der Waals surface area contributed by atoms with Crippen LogP contribution in [0.3, 0.4) is 0 Å². The number of aliphatic carboxylic acids is 1.